The van der Waals surface area contributed by atoms with Gasteiger partial charge in [0.05, 0.1) is 16.9 Å². The van der Waals surface area contributed by atoms with E-state index in [1.165, 1.54) is 34.8 Å². The zero-order valence-corrected chi connectivity index (χ0v) is 14.9. The lowest BCUT2D eigenvalue weighted by Crippen LogP contribution is -2.31. The normalized spacial score (nSPS) is 22.3. The number of imidazole rings is 1. The number of hydrogen-bond acceptors (Lipinski definition) is 1. The highest BCUT2D eigenvalue weighted by Gasteiger charge is 2.35. The first-order valence-electron chi connectivity index (χ1n) is 7.25. The van der Waals surface area contributed by atoms with Crippen LogP contribution in [0.5, 0.6) is 0 Å². The van der Waals surface area contributed by atoms with E-state index in [4.69, 9.17) is 16.6 Å². The fraction of sp³-hybridized carbons (Fsp3) is 0.562. The molecule has 0 amide bonds. The molecule has 1 saturated carbocycles. The molecule has 1 aromatic heterocycles. The van der Waals surface area contributed by atoms with Gasteiger partial charge in [0.15, 0.2) is 0 Å². The average molecular weight is 403 g/mol. The molecule has 1 aliphatic rings. The van der Waals surface area contributed by atoms with Gasteiger partial charge in [0.2, 0.25) is 0 Å². The Morgan fingerprint density at radius 2 is 2.20 bits per heavy atom. The molecular weight excluding hydrogens is 383 g/mol. The summed E-state index contributed by atoms with van der Waals surface area (Å²) in [5.74, 6) is 1.50. The number of halogens is 2. The van der Waals surface area contributed by atoms with Crippen molar-refractivity contribution in [3.8, 4) is 0 Å². The fourth-order valence-corrected chi connectivity index (χ4v) is 4.18. The monoisotopic (exact) mass is 402 g/mol. The molecular formula is C16H20ClIN2. The van der Waals surface area contributed by atoms with Gasteiger partial charge < -0.3 is 4.57 Å². The minimum absolute atomic E-state index is 0.315. The van der Waals surface area contributed by atoms with E-state index in [-0.39, 0.29) is 0 Å². The number of hydrogen-bond donors (Lipinski definition) is 0. The molecule has 1 unspecified atom stereocenters. The van der Waals surface area contributed by atoms with Crippen LogP contribution in [0.25, 0.3) is 11.0 Å². The molecule has 1 atom stereocenters. The van der Waals surface area contributed by atoms with Crippen LogP contribution in [0.15, 0.2) is 18.2 Å². The lowest BCUT2D eigenvalue weighted by Gasteiger charge is -2.40. The van der Waals surface area contributed by atoms with Crippen molar-refractivity contribution in [2.75, 3.05) is 0 Å². The summed E-state index contributed by atoms with van der Waals surface area (Å²) in [5.41, 5.74) is 2.63. The van der Waals surface area contributed by atoms with E-state index in [1.54, 1.807) is 0 Å². The van der Waals surface area contributed by atoms with E-state index in [1.807, 2.05) is 0 Å². The standard InChI is InChI=1S/C16H20ClIN2/c1-16(2)8-4-3-5-14(16)20-13-7-6-11(18)9-12(13)19-15(20)10-17/h6-7,9,14H,3-5,8,10H2,1-2H3. The van der Waals surface area contributed by atoms with Gasteiger partial charge in [-0.3, -0.25) is 0 Å². The Morgan fingerprint density at radius 3 is 2.90 bits per heavy atom. The summed E-state index contributed by atoms with van der Waals surface area (Å²) in [6, 6.07) is 7.02. The number of fused-ring (bicyclic) bond motifs is 1. The third-order valence-electron chi connectivity index (χ3n) is 4.61. The molecule has 108 valence electrons. The average Bonchev–Trinajstić information content (AvgIpc) is 2.75. The van der Waals surface area contributed by atoms with Crippen molar-refractivity contribution in [1.29, 1.82) is 0 Å². The second-order valence-corrected chi connectivity index (χ2v) is 7.93. The van der Waals surface area contributed by atoms with E-state index in [0.717, 1.165) is 11.3 Å². The largest absolute Gasteiger partial charge is 0.323 e. The summed E-state index contributed by atoms with van der Waals surface area (Å²) >= 11 is 8.51. The Morgan fingerprint density at radius 1 is 1.40 bits per heavy atom. The SMILES string of the molecule is CC1(C)CCCCC1n1c(CCl)nc2cc(I)ccc21. The molecule has 0 N–H and O–H groups in total. The van der Waals surface area contributed by atoms with Crippen LogP contribution in [0.1, 0.15) is 51.4 Å². The van der Waals surface area contributed by atoms with Crippen LogP contribution in [-0.2, 0) is 5.88 Å². The molecule has 0 aliphatic heterocycles. The molecule has 1 aliphatic carbocycles. The van der Waals surface area contributed by atoms with Gasteiger partial charge in [0, 0.05) is 9.61 Å². The van der Waals surface area contributed by atoms with Gasteiger partial charge >= 0.3 is 0 Å². The predicted molar refractivity (Wildman–Crippen MR) is 93.3 cm³/mol. The Bertz CT molecular complexity index is 633. The van der Waals surface area contributed by atoms with Crippen LogP contribution in [0, 0.1) is 8.99 Å². The third kappa shape index (κ3) is 2.47. The first kappa shape index (κ1) is 14.6. The van der Waals surface area contributed by atoms with Crippen molar-refractivity contribution >= 4 is 45.2 Å². The molecule has 3 rings (SSSR count). The fourth-order valence-electron chi connectivity index (χ4n) is 3.52. The predicted octanol–water partition coefficient (Wildman–Crippen LogP) is 5.52. The maximum Gasteiger partial charge on any atom is 0.125 e. The van der Waals surface area contributed by atoms with E-state index >= 15 is 0 Å². The molecule has 0 radical (unpaired) electrons. The topological polar surface area (TPSA) is 17.8 Å². The smallest absolute Gasteiger partial charge is 0.125 e. The molecule has 1 heterocycles. The van der Waals surface area contributed by atoms with Crippen LogP contribution < -0.4 is 0 Å². The lowest BCUT2D eigenvalue weighted by molar-refractivity contribution is 0.145. The molecule has 4 heteroatoms. The summed E-state index contributed by atoms with van der Waals surface area (Å²) < 4.78 is 3.64. The third-order valence-corrected chi connectivity index (χ3v) is 5.52. The van der Waals surface area contributed by atoms with Crippen molar-refractivity contribution in [2.24, 2.45) is 5.41 Å². The van der Waals surface area contributed by atoms with Crippen LogP contribution in [0.3, 0.4) is 0 Å². The molecule has 2 aromatic rings. The highest BCUT2D eigenvalue weighted by Crippen LogP contribution is 2.45. The van der Waals surface area contributed by atoms with Crippen molar-refractivity contribution in [3.63, 3.8) is 0 Å². The van der Waals surface area contributed by atoms with Crippen LogP contribution in [0.2, 0.25) is 0 Å². The summed E-state index contributed by atoms with van der Waals surface area (Å²) in [4.78, 5) is 4.76. The molecule has 0 spiro atoms. The maximum atomic E-state index is 6.17. The van der Waals surface area contributed by atoms with Crippen LogP contribution in [0.4, 0.5) is 0 Å². The van der Waals surface area contributed by atoms with Gasteiger partial charge in [-0.05, 0) is 59.0 Å². The van der Waals surface area contributed by atoms with Crippen molar-refractivity contribution < 1.29 is 0 Å². The van der Waals surface area contributed by atoms with Gasteiger partial charge in [0.1, 0.15) is 5.82 Å². The second kappa shape index (κ2) is 5.48. The van der Waals surface area contributed by atoms with Crippen molar-refractivity contribution in [3.05, 3.63) is 27.6 Å². The van der Waals surface area contributed by atoms with Gasteiger partial charge in [-0.25, -0.2) is 4.98 Å². The minimum atomic E-state index is 0.315. The summed E-state index contributed by atoms with van der Waals surface area (Å²) in [6.07, 6.45) is 5.15. The Balaban J connectivity index is 2.18. The second-order valence-electron chi connectivity index (χ2n) is 6.41. The van der Waals surface area contributed by atoms with Crippen LogP contribution >= 0.6 is 34.2 Å². The molecule has 0 bridgehead atoms. The molecule has 1 aromatic carbocycles. The van der Waals surface area contributed by atoms with Crippen molar-refractivity contribution in [2.45, 2.75) is 51.5 Å². The number of rotatable bonds is 2. The van der Waals surface area contributed by atoms with E-state index in [2.05, 4.69) is 59.2 Å². The van der Waals surface area contributed by atoms with Gasteiger partial charge in [-0.1, -0.05) is 26.7 Å². The highest BCUT2D eigenvalue weighted by molar-refractivity contribution is 14.1. The van der Waals surface area contributed by atoms with Gasteiger partial charge in [-0.15, -0.1) is 11.6 Å². The lowest BCUT2D eigenvalue weighted by atomic mass is 9.73. The Kier molecular flexibility index (Phi) is 4.01. The maximum absolute atomic E-state index is 6.17. The molecule has 0 saturated heterocycles. The molecule has 1 fully saturated rings. The number of benzene rings is 1. The number of aromatic nitrogens is 2. The summed E-state index contributed by atoms with van der Waals surface area (Å²) in [6.45, 7) is 4.76. The van der Waals surface area contributed by atoms with Crippen LogP contribution in [-0.4, -0.2) is 9.55 Å². The van der Waals surface area contributed by atoms with Gasteiger partial charge in [-0.2, -0.15) is 0 Å². The zero-order chi connectivity index (χ0) is 14.3. The van der Waals surface area contributed by atoms with E-state index in [0.29, 0.717) is 17.3 Å². The number of alkyl halides is 1. The number of nitrogens with zero attached hydrogens (tertiary/aromatic N) is 2. The first-order valence-corrected chi connectivity index (χ1v) is 8.86. The Hall–Kier alpha value is -0.290. The zero-order valence-electron chi connectivity index (χ0n) is 12.0. The summed E-state index contributed by atoms with van der Waals surface area (Å²) in [7, 11) is 0. The van der Waals surface area contributed by atoms with E-state index in [9.17, 15) is 0 Å². The van der Waals surface area contributed by atoms with E-state index < -0.39 is 0 Å². The Labute approximate surface area is 139 Å². The molecule has 20 heavy (non-hydrogen) atoms. The van der Waals surface area contributed by atoms with Gasteiger partial charge in [0.25, 0.3) is 0 Å². The molecule has 2 nitrogen and oxygen atoms in total. The quantitative estimate of drug-likeness (QED) is 0.477. The minimum Gasteiger partial charge on any atom is -0.323 e. The van der Waals surface area contributed by atoms with Crippen molar-refractivity contribution in [1.82, 2.24) is 9.55 Å². The summed E-state index contributed by atoms with van der Waals surface area (Å²) in [5, 5.41) is 0. The highest BCUT2D eigenvalue weighted by atomic mass is 127. The first-order chi connectivity index (χ1) is 9.53.